The minimum absolute atomic E-state index is 0.107. The standard InChI is InChI=1S/C13H18N2O2S/c1-2-17-7-5-13(16)15-6-8-18-12-4-3-10(14)9-11(12)15/h3-4,9H,2,5-8,14H2,1H3. The topological polar surface area (TPSA) is 55.6 Å². The number of benzene rings is 1. The van der Waals surface area contributed by atoms with Crippen molar-refractivity contribution in [3.05, 3.63) is 18.2 Å². The fourth-order valence-electron chi connectivity index (χ4n) is 1.93. The SMILES string of the molecule is CCOCCC(=O)N1CCSc2ccc(N)cc21. The highest BCUT2D eigenvalue weighted by atomic mass is 32.2. The van der Waals surface area contributed by atoms with E-state index in [1.165, 1.54) is 0 Å². The Labute approximate surface area is 111 Å². The number of amides is 1. The van der Waals surface area contributed by atoms with Crippen molar-refractivity contribution in [1.82, 2.24) is 0 Å². The molecule has 0 bridgehead atoms. The van der Waals surface area contributed by atoms with Crippen LogP contribution in [0.2, 0.25) is 0 Å². The van der Waals surface area contributed by atoms with Gasteiger partial charge in [0.25, 0.3) is 0 Å². The summed E-state index contributed by atoms with van der Waals surface area (Å²) in [7, 11) is 0. The third-order valence-corrected chi connectivity index (χ3v) is 3.85. The zero-order chi connectivity index (χ0) is 13.0. The molecule has 0 saturated heterocycles. The van der Waals surface area contributed by atoms with E-state index in [1.807, 2.05) is 30.0 Å². The first-order chi connectivity index (χ1) is 8.72. The summed E-state index contributed by atoms with van der Waals surface area (Å²) < 4.78 is 5.23. The van der Waals surface area contributed by atoms with E-state index in [4.69, 9.17) is 10.5 Å². The third-order valence-electron chi connectivity index (χ3n) is 2.81. The molecule has 1 amide bonds. The normalized spacial score (nSPS) is 14.4. The molecule has 0 unspecified atom stereocenters. The van der Waals surface area contributed by atoms with Gasteiger partial charge in [-0.3, -0.25) is 4.79 Å². The van der Waals surface area contributed by atoms with Crippen LogP contribution in [0.15, 0.2) is 23.1 Å². The summed E-state index contributed by atoms with van der Waals surface area (Å²) in [5.41, 5.74) is 7.43. The summed E-state index contributed by atoms with van der Waals surface area (Å²) in [4.78, 5) is 15.1. The molecule has 0 aliphatic carbocycles. The van der Waals surface area contributed by atoms with Crippen LogP contribution in [-0.2, 0) is 9.53 Å². The molecule has 1 aliphatic rings. The number of rotatable bonds is 4. The molecule has 98 valence electrons. The zero-order valence-electron chi connectivity index (χ0n) is 10.5. The quantitative estimate of drug-likeness (QED) is 0.670. The Morgan fingerprint density at radius 1 is 1.56 bits per heavy atom. The monoisotopic (exact) mass is 266 g/mol. The average molecular weight is 266 g/mol. The van der Waals surface area contributed by atoms with Crippen LogP contribution in [0.3, 0.4) is 0 Å². The van der Waals surface area contributed by atoms with Crippen molar-refractivity contribution >= 4 is 29.0 Å². The number of fused-ring (bicyclic) bond motifs is 1. The zero-order valence-corrected chi connectivity index (χ0v) is 11.3. The molecule has 1 aromatic rings. The molecule has 0 aromatic heterocycles. The Kier molecular flexibility index (Phi) is 4.49. The smallest absolute Gasteiger partial charge is 0.229 e. The van der Waals surface area contributed by atoms with Gasteiger partial charge in [0.1, 0.15) is 0 Å². The van der Waals surface area contributed by atoms with Gasteiger partial charge in [-0.15, -0.1) is 11.8 Å². The number of nitrogen functional groups attached to an aromatic ring is 1. The van der Waals surface area contributed by atoms with E-state index in [2.05, 4.69) is 0 Å². The molecule has 18 heavy (non-hydrogen) atoms. The van der Waals surface area contributed by atoms with E-state index in [-0.39, 0.29) is 5.91 Å². The largest absolute Gasteiger partial charge is 0.399 e. The van der Waals surface area contributed by atoms with Crippen molar-refractivity contribution in [1.29, 1.82) is 0 Å². The van der Waals surface area contributed by atoms with Crippen molar-refractivity contribution < 1.29 is 9.53 Å². The highest BCUT2D eigenvalue weighted by Gasteiger charge is 2.22. The minimum Gasteiger partial charge on any atom is -0.399 e. The summed E-state index contributed by atoms with van der Waals surface area (Å²) in [6.45, 7) is 3.80. The van der Waals surface area contributed by atoms with Gasteiger partial charge in [-0.2, -0.15) is 0 Å². The molecule has 2 rings (SSSR count). The summed E-state index contributed by atoms with van der Waals surface area (Å²) in [6.07, 6.45) is 0.423. The van der Waals surface area contributed by atoms with E-state index < -0.39 is 0 Å². The van der Waals surface area contributed by atoms with Crippen LogP contribution >= 0.6 is 11.8 Å². The number of ether oxygens (including phenoxy) is 1. The lowest BCUT2D eigenvalue weighted by Gasteiger charge is -2.29. The maximum absolute atomic E-state index is 12.1. The van der Waals surface area contributed by atoms with Gasteiger partial charge in [0, 0.05) is 29.5 Å². The van der Waals surface area contributed by atoms with Crippen LogP contribution in [0, 0.1) is 0 Å². The Morgan fingerprint density at radius 3 is 3.17 bits per heavy atom. The van der Waals surface area contributed by atoms with Gasteiger partial charge in [0.05, 0.1) is 18.7 Å². The molecular weight excluding hydrogens is 248 g/mol. The van der Waals surface area contributed by atoms with Gasteiger partial charge < -0.3 is 15.4 Å². The van der Waals surface area contributed by atoms with Crippen molar-refractivity contribution in [2.24, 2.45) is 0 Å². The molecule has 2 N–H and O–H groups in total. The second-order valence-corrected chi connectivity index (χ2v) is 5.20. The first kappa shape index (κ1) is 13.2. The molecule has 1 heterocycles. The lowest BCUT2D eigenvalue weighted by Crippen LogP contribution is -2.36. The van der Waals surface area contributed by atoms with Crippen molar-refractivity contribution in [2.45, 2.75) is 18.2 Å². The third kappa shape index (κ3) is 2.97. The fourth-order valence-corrected chi connectivity index (χ4v) is 2.91. The molecule has 1 aliphatic heterocycles. The predicted molar refractivity (Wildman–Crippen MR) is 75.0 cm³/mol. The molecule has 1 aromatic carbocycles. The number of nitrogens with zero attached hydrogens (tertiary/aromatic N) is 1. The number of thioether (sulfide) groups is 1. The van der Waals surface area contributed by atoms with Gasteiger partial charge in [-0.25, -0.2) is 0 Å². The number of nitrogens with two attached hydrogens (primary N) is 1. The number of carbonyl (C=O) groups is 1. The second kappa shape index (κ2) is 6.11. The van der Waals surface area contributed by atoms with Gasteiger partial charge in [0.2, 0.25) is 5.91 Å². The maximum Gasteiger partial charge on any atom is 0.229 e. The van der Waals surface area contributed by atoms with Crippen LogP contribution in [0.4, 0.5) is 11.4 Å². The maximum atomic E-state index is 12.1. The molecular formula is C13H18N2O2S. The lowest BCUT2D eigenvalue weighted by atomic mass is 10.2. The van der Waals surface area contributed by atoms with Crippen LogP contribution in [0.1, 0.15) is 13.3 Å². The summed E-state index contributed by atoms with van der Waals surface area (Å²) in [5.74, 6) is 1.03. The Balaban J connectivity index is 2.11. The van der Waals surface area contributed by atoms with Gasteiger partial charge >= 0.3 is 0 Å². The molecule has 5 heteroatoms. The van der Waals surface area contributed by atoms with E-state index in [1.54, 1.807) is 11.8 Å². The van der Waals surface area contributed by atoms with E-state index in [0.29, 0.717) is 25.3 Å². The van der Waals surface area contributed by atoms with E-state index in [0.717, 1.165) is 22.9 Å². The Morgan fingerprint density at radius 2 is 2.39 bits per heavy atom. The molecule has 0 saturated carbocycles. The number of hydrogen-bond acceptors (Lipinski definition) is 4. The van der Waals surface area contributed by atoms with Crippen molar-refractivity contribution in [3.8, 4) is 0 Å². The molecule has 0 fully saturated rings. The summed E-state index contributed by atoms with van der Waals surface area (Å²) >= 11 is 1.77. The summed E-state index contributed by atoms with van der Waals surface area (Å²) in [5, 5.41) is 0. The van der Waals surface area contributed by atoms with Crippen LogP contribution < -0.4 is 10.6 Å². The number of hydrogen-bond donors (Lipinski definition) is 1. The number of carbonyl (C=O) groups excluding carboxylic acids is 1. The van der Waals surface area contributed by atoms with Crippen LogP contribution in [-0.4, -0.2) is 31.4 Å². The van der Waals surface area contributed by atoms with Crippen molar-refractivity contribution in [2.75, 3.05) is 36.1 Å². The highest BCUT2D eigenvalue weighted by Crippen LogP contribution is 2.36. The van der Waals surface area contributed by atoms with Crippen LogP contribution in [0.25, 0.3) is 0 Å². The fraction of sp³-hybridized carbons (Fsp3) is 0.462. The predicted octanol–water partition coefficient (Wildman–Crippen LogP) is 2.13. The minimum atomic E-state index is 0.107. The molecule has 0 atom stereocenters. The van der Waals surface area contributed by atoms with E-state index in [9.17, 15) is 4.79 Å². The number of anilines is 2. The average Bonchev–Trinajstić information content (AvgIpc) is 2.38. The molecule has 0 spiro atoms. The molecule has 0 radical (unpaired) electrons. The Hall–Kier alpha value is -1.20. The van der Waals surface area contributed by atoms with Gasteiger partial charge in [-0.05, 0) is 25.1 Å². The first-order valence-electron chi connectivity index (χ1n) is 6.13. The highest BCUT2D eigenvalue weighted by molar-refractivity contribution is 7.99. The van der Waals surface area contributed by atoms with Gasteiger partial charge in [0.15, 0.2) is 0 Å². The van der Waals surface area contributed by atoms with Crippen molar-refractivity contribution in [3.63, 3.8) is 0 Å². The van der Waals surface area contributed by atoms with Crippen LogP contribution in [0.5, 0.6) is 0 Å². The lowest BCUT2D eigenvalue weighted by molar-refractivity contribution is -0.119. The Bertz CT molecular complexity index is 437. The first-order valence-corrected chi connectivity index (χ1v) is 7.11. The second-order valence-electron chi connectivity index (χ2n) is 4.07. The molecule has 4 nitrogen and oxygen atoms in total. The van der Waals surface area contributed by atoms with Gasteiger partial charge in [-0.1, -0.05) is 0 Å². The summed E-state index contributed by atoms with van der Waals surface area (Å²) in [6, 6.07) is 5.73. The van der Waals surface area contributed by atoms with E-state index >= 15 is 0 Å².